The van der Waals surface area contributed by atoms with Crippen LogP contribution in [0, 0.1) is 12.8 Å². The van der Waals surface area contributed by atoms with Crippen LogP contribution in [0.15, 0.2) is 16.7 Å². The van der Waals surface area contributed by atoms with E-state index >= 15 is 0 Å². The molecule has 0 fully saturated rings. The number of nitrogens with one attached hydrogen (secondary N) is 1. The Balaban J connectivity index is 2.76. The number of aryl methyl sites for hydroxylation is 1. The van der Waals surface area contributed by atoms with Gasteiger partial charge in [-0.05, 0) is 47.3 Å². The van der Waals surface area contributed by atoms with E-state index in [2.05, 4.69) is 40.1 Å². The summed E-state index contributed by atoms with van der Waals surface area (Å²) in [6.07, 6.45) is 1.81. The van der Waals surface area contributed by atoms with Crippen LogP contribution in [0.2, 0.25) is 0 Å². The van der Waals surface area contributed by atoms with Gasteiger partial charge < -0.3 is 5.32 Å². The molecule has 0 aliphatic rings. The lowest BCUT2D eigenvalue weighted by atomic mass is 10.1. The van der Waals surface area contributed by atoms with Crippen LogP contribution < -0.4 is 5.32 Å². The van der Waals surface area contributed by atoms with Crippen molar-refractivity contribution in [2.24, 2.45) is 5.92 Å². The lowest BCUT2D eigenvalue weighted by molar-refractivity contribution is 0.564. The monoisotopic (exact) mass is 290 g/mol. The molecule has 0 saturated heterocycles. The van der Waals surface area contributed by atoms with Gasteiger partial charge in [-0.2, -0.15) is 0 Å². The van der Waals surface area contributed by atoms with Gasteiger partial charge in [0.25, 0.3) is 0 Å². The number of hydrogen-bond donors (Lipinski definition) is 1. The summed E-state index contributed by atoms with van der Waals surface area (Å²) in [6, 6.07) is 2.29. The van der Waals surface area contributed by atoms with E-state index in [0.29, 0.717) is 17.8 Å². The Morgan fingerprint density at radius 2 is 2.20 bits per heavy atom. The third kappa shape index (κ3) is 3.35. The zero-order valence-corrected chi connectivity index (χ0v) is 11.6. The van der Waals surface area contributed by atoms with Crippen molar-refractivity contribution in [3.8, 4) is 0 Å². The molecule has 0 saturated carbocycles. The molecule has 2 atom stereocenters. The SMILES string of the molecule is Cc1ccnc(NC(C)C(C)CCl)c1Br. The summed E-state index contributed by atoms with van der Waals surface area (Å²) in [7, 11) is 0. The predicted octanol–water partition coefficient (Wildman–Crippen LogP) is 3.83. The molecular formula is C11H16BrClN2. The highest BCUT2D eigenvalue weighted by molar-refractivity contribution is 9.10. The van der Waals surface area contributed by atoms with Gasteiger partial charge in [-0.15, -0.1) is 11.6 Å². The Labute approximate surface area is 105 Å². The van der Waals surface area contributed by atoms with Crippen LogP contribution in [0.3, 0.4) is 0 Å². The molecule has 1 aromatic rings. The van der Waals surface area contributed by atoms with Crippen molar-refractivity contribution >= 4 is 33.3 Å². The second-order valence-corrected chi connectivity index (χ2v) is 4.96. The first-order chi connectivity index (χ1) is 7.06. The molecule has 0 aromatic carbocycles. The van der Waals surface area contributed by atoms with Crippen molar-refractivity contribution in [1.82, 2.24) is 4.98 Å². The number of pyridine rings is 1. The number of nitrogens with zero attached hydrogens (tertiary/aromatic N) is 1. The van der Waals surface area contributed by atoms with Gasteiger partial charge in [0, 0.05) is 18.1 Å². The third-order valence-corrected chi connectivity index (χ3v) is 4.03. The van der Waals surface area contributed by atoms with Crippen LogP contribution in [0.4, 0.5) is 5.82 Å². The Kier molecular flexibility index (Phi) is 4.87. The topological polar surface area (TPSA) is 24.9 Å². The molecule has 4 heteroatoms. The van der Waals surface area contributed by atoms with Crippen molar-refractivity contribution in [2.45, 2.75) is 26.8 Å². The molecule has 84 valence electrons. The molecule has 0 spiro atoms. The minimum Gasteiger partial charge on any atom is -0.366 e. The molecule has 2 nitrogen and oxygen atoms in total. The minimum absolute atomic E-state index is 0.313. The highest BCUT2D eigenvalue weighted by atomic mass is 79.9. The van der Waals surface area contributed by atoms with Crippen LogP contribution in [-0.2, 0) is 0 Å². The summed E-state index contributed by atoms with van der Waals surface area (Å²) in [5.74, 6) is 1.96. The maximum Gasteiger partial charge on any atom is 0.140 e. The van der Waals surface area contributed by atoms with Crippen LogP contribution in [0.1, 0.15) is 19.4 Å². The summed E-state index contributed by atoms with van der Waals surface area (Å²) in [5, 5.41) is 3.36. The Morgan fingerprint density at radius 1 is 1.53 bits per heavy atom. The van der Waals surface area contributed by atoms with Gasteiger partial charge in [0.05, 0.1) is 4.47 Å². The highest BCUT2D eigenvalue weighted by Crippen LogP contribution is 2.24. The van der Waals surface area contributed by atoms with Crippen molar-refractivity contribution in [3.05, 3.63) is 22.3 Å². The molecule has 0 amide bonds. The molecule has 0 bridgehead atoms. The molecule has 0 aliphatic heterocycles. The maximum atomic E-state index is 5.81. The Morgan fingerprint density at radius 3 is 2.80 bits per heavy atom. The van der Waals surface area contributed by atoms with Gasteiger partial charge in [0.1, 0.15) is 5.82 Å². The number of aromatic nitrogens is 1. The van der Waals surface area contributed by atoms with Crippen molar-refractivity contribution in [2.75, 3.05) is 11.2 Å². The van der Waals surface area contributed by atoms with E-state index < -0.39 is 0 Å². The summed E-state index contributed by atoms with van der Waals surface area (Å²) >= 11 is 9.33. The van der Waals surface area contributed by atoms with Crippen molar-refractivity contribution in [3.63, 3.8) is 0 Å². The standard InChI is InChI=1S/C11H16BrClN2/c1-7-4-5-14-11(10(7)12)15-9(3)8(2)6-13/h4-5,8-9H,6H2,1-3H3,(H,14,15). The van der Waals surface area contributed by atoms with Gasteiger partial charge in [0.15, 0.2) is 0 Å². The van der Waals surface area contributed by atoms with E-state index in [1.165, 1.54) is 5.56 Å². The smallest absolute Gasteiger partial charge is 0.140 e. The summed E-state index contributed by atoms with van der Waals surface area (Å²) in [5.41, 5.74) is 1.18. The second kappa shape index (κ2) is 5.71. The predicted molar refractivity (Wildman–Crippen MR) is 69.6 cm³/mol. The average molecular weight is 292 g/mol. The van der Waals surface area contributed by atoms with Crippen LogP contribution in [0.25, 0.3) is 0 Å². The van der Waals surface area contributed by atoms with E-state index in [-0.39, 0.29) is 0 Å². The molecule has 1 rings (SSSR count). The summed E-state index contributed by atoms with van der Waals surface area (Å²) < 4.78 is 1.03. The fourth-order valence-corrected chi connectivity index (χ4v) is 1.75. The largest absolute Gasteiger partial charge is 0.366 e. The zero-order valence-electron chi connectivity index (χ0n) is 9.22. The third-order valence-electron chi connectivity index (χ3n) is 2.54. The number of anilines is 1. The van der Waals surface area contributed by atoms with E-state index in [0.717, 1.165) is 10.3 Å². The molecule has 1 N–H and O–H groups in total. The van der Waals surface area contributed by atoms with Gasteiger partial charge in [-0.1, -0.05) is 6.92 Å². The second-order valence-electron chi connectivity index (χ2n) is 3.86. The van der Waals surface area contributed by atoms with Crippen molar-refractivity contribution < 1.29 is 0 Å². The number of rotatable bonds is 4. The van der Waals surface area contributed by atoms with Gasteiger partial charge in [-0.3, -0.25) is 0 Å². The van der Waals surface area contributed by atoms with Gasteiger partial charge in [0.2, 0.25) is 0 Å². The van der Waals surface area contributed by atoms with Gasteiger partial charge >= 0.3 is 0 Å². The van der Waals surface area contributed by atoms with E-state index in [4.69, 9.17) is 11.6 Å². The zero-order chi connectivity index (χ0) is 11.4. The lowest BCUT2D eigenvalue weighted by Crippen LogP contribution is -2.25. The summed E-state index contributed by atoms with van der Waals surface area (Å²) in [4.78, 5) is 4.29. The first kappa shape index (κ1) is 12.8. The number of halogens is 2. The Bertz CT molecular complexity index is 330. The van der Waals surface area contributed by atoms with E-state index in [1.54, 1.807) is 6.20 Å². The van der Waals surface area contributed by atoms with Gasteiger partial charge in [-0.25, -0.2) is 4.98 Å². The minimum atomic E-state index is 0.313. The fourth-order valence-electron chi connectivity index (χ4n) is 1.13. The molecule has 15 heavy (non-hydrogen) atoms. The quantitative estimate of drug-likeness (QED) is 0.853. The molecule has 1 heterocycles. The van der Waals surface area contributed by atoms with E-state index in [9.17, 15) is 0 Å². The van der Waals surface area contributed by atoms with Crippen molar-refractivity contribution in [1.29, 1.82) is 0 Å². The van der Waals surface area contributed by atoms with Crippen LogP contribution in [0.5, 0.6) is 0 Å². The number of hydrogen-bond acceptors (Lipinski definition) is 2. The maximum absolute atomic E-state index is 5.81. The molecule has 0 radical (unpaired) electrons. The molecule has 1 aromatic heterocycles. The van der Waals surface area contributed by atoms with Crippen LogP contribution in [-0.4, -0.2) is 16.9 Å². The fraction of sp³-hybridized carbons (Fsp3) is 0.545. The highest BCUT2D eigenvalue weighted by Gasteiger charge is 2.13. The molecular weight excluding hydrogens is 275 g/mol. The average Bonchev–Trinajstić information content (AvgIpc) is 2.23. The first-order valence-corrected chi connectivity index (χ1v) is 6.32. The van der Waals surface area contributed by atoms with Crippen LogP contribution >= 0.6 is 27.5 Å². The number of alkyl halides is 1. The van der Waals surface area contributed by atoms with E-state index in [1.807, 2.05) is 13.0 Å². The molecule has 0 aliphatic carbocycles. The Hall–Kier alpha value is -0.280. The molecule has 2 unspecified atom stereocenters. The lowest BCUT2D eigenvalue weighted by Gasteiger charge is -2.20. The normalized spacial score (nSPS) is 14.7. The first-order valence-electron chi connectivity index (χ1n) is 5.00. The summed E-state index contributed by atoms with van der Waals surface area (Å²) in [6.45, 7) is 6.28.